The molecule has 0 heterocycles. The van der Waals surface area contributed by atoms with E-state index in [0.717, 1.165) is 5.56 Å². The van der Waals surface area contributed by atoms with Gasteiger partial charge in [-0.25, -0.2) is 0 Å². The standard InChI is InChI=1S/C12H13N3O2/c1-8-3-4-11(17-2)10(5-8)15-7-9(6-13)12(14)16/h3-5,7,15H,1-2H3,(H2,14,16). The van der Waals surface area contributed by atoms with E-state index >= 15 is 0 Å². The summed E-state index contributed by atoms with van der Waals surface area (Å²) in [5.74, 6) is -0.153. The Kier molecular flexibility index (Phi) is 4.12. The maximum atomic E-state index is 10.8. The summed E-state index contributed by atoms with van der Waals surface area (Å²) in [6, 6.07) is 7.24. The molecular weight excluding hydrogens is 218 g/mol. The van der Waals surface area contributed by atoms with Crippen molar-refractivity contribution in [3.05, 3.63) is 35.5 Å². The summed E-state index contributed by atoms with van der Waals surface area (Å²) < 4.78 is 5.14. The number of hydrogen-bond acceptors (Lipinski definition) is 4. The third-order valence-corrected chi connectivity index (χ3v) is 2.11. The minimum atomic E-state index is -0.772. The van der Waals surface area contributed by atoms with Crippen LogP contribution in [0.3, 0.4) is 0 Å². The zero-order chi connectivity index (χ0) is 12.8. The minimum Gasteiger partial charge on any atom is -0.495 e. The molecule has 1 aromatic rings. The van der Waals surface area contributed by atoms with Gasteiger partial charge < -0.3 is 15.8 Å². The van der Waals surface area contributed by atoms with E-state index in [9.17, 15) is 4.79 Å². The smallest absolute Gasteiger partial charge is 0.260 e. The number of nitrogens with one attached hydrogen (secondary N) is 1. The number of benzene rings is 1. The number of carbonyl (C=O) groups is 1. The molecule has 0 aromatic heterocycles. The van der Waals surface area contributed by atoms with Crippen molar-refractivity contribution in [3.8, 4) is 11.8 Å². The van der Waals surface area contributed by atoms with Crippen molar-refractivity contribution in [2.24, 2.45) is 5.73 Å². The highest BCUT2D eigenvalue weighted by Crippen LogP contribution is 2.25. The number of hydrogen-bond donors (Lipinski definition) is 2. The Morgan fingerprint density at radius 1 is 1.59 bits per heavy atom. The molecule has 0 unspecified atom stereocenters. The molecule has 5 nitrogen and oxygen atoms in total. The van der Waals surface area contributed by atoms with Gasteiger partial charge in [-0.3, -0.25) is 4.79 Å². The number of anilines is 1. The van der Waals surface area contributed by atoms with E-state index < -0.39 is 5.91 Å². The predicted octanol–water partition coefficient (Wildman–Crippen LogP) is 1.31. The van der Waals surface area contributed by atoms with Crippen LogP contribution >= 0.6 is 0 Å². The van der Waals surface area contributed by atoms with E-state index in [0.29, 0.717) is 11.4 Å². The number of ether oxygens (including phenoxy) is 1. The van der Waals surface area contributed by atoms with Gasteiger partial charge in [-0.2, -0.15) is 5.26 Å². The van der Waals surface area contributed by atoms with Gasteiger partial charge in [0, 0.05) is 6.20 Å². The Morgan fingerprint density at radius 3 is 2.82 bits per heavy atom. The molecule has 0 bridgehead atoms. The fraction of sp³-hybridized carbons (Fsp3) is 0.167. The van der Waals surface area contributed by atoms with Crippen molar-refractivity contribution in [2.75, 3.05) is 12.4 Å². The topological polar surface area (TPSA) is 88.1 Å². The van der Waals surface area contributed by atoms with E-state index in [-0.39, 0.29) is 5.57 Å². The van der Waals surface area contributed by atoms with Gasteiger partial charge in [0.2, 0.25) is 0 Å². The summed E-state index contributed by atoms with van der Waals surface area (Å²) in [6.07, 6.45) is 1.26. The van der Waals surface area contributed by atoms with Crippen molar-refractivity contribution < 1.29 is 9.53 Å². The minimum absolute atomic E-state index is 0.145. The van der Waals surface area contributed by atoms with Crippen molar-refractivity contribution in [1.82, 2.24) is 0 Å². The van der Waals surface area contributed by atoms with Crippen molar-refractivity contribution >= 4 is 11.6 Å². The number of aryl methyl sites for hydroxylation is 1. The lowest BCUT2D eigenvalue weighted by Gasteiger charge is -2.09. The molecular formula is C12H13N3O2. The first kappa shape index (κ1) is 12.6. The highest BCUT2D eigenvalue weighted by atomic mass is 16.5. The Hall–Kier alpha value is -2.48. The van der Waals surface area contributed by atoms with E-state index in [4.69, 9.17) is 15.7 Å². The number of nitrogens with two attached hydrogens (primary N) is 1. The van der Waals surface area contributed by atoms with Crippen LogP contribution in [0.4, 0.5) is 5.69 Å². The molecule has 0 fully saturated rings. The number of amides is 1. The Labute approximate surface area is 99.5 Å². The van der Waals surface area contributed by atoms with Crippen LogP contribution in [0.5, 0.6) is 5.75 Å². The largest absolute Gasteiger partial charge is 0.495 e. The van der Waals surface area contributed by atoms with Crippen LogP contribution in [0.2, 0.25) is 0 Å². The van der Waals surface area contributed by atoms with Crippen LogP contribution in [-0.4, -0.2) is 13.0 Å². The highest BCUT2D eigenvalue weighted by Gasteiger charge is 2.05. The molecule has 1 amide bonds. The molecule has 5 heteroatoms. The van der Waals surface area contributed by atoms with Gasteiger partial charge in [-0.05, 0) is 24.6 Å². The van der Waals surface area contributed by atoms with Crippen LogP contribution in [0.25, 0.3) is 0 Å². The highest BCUT2D eigenvalue weighted by molar-refractivity contribution is 5.96. The van der Waals surface area contributed by atoms with Crippen LogP contribution < -0.4 is 15.8 Å². The molecule has 88 valence electrons. The maximum Gasteiger partial charge on any atom is 0.260 e. The molecule has 1 aromatic carbocycles. The second kappa shape index (κ2) is 5.56. The second-order valence-electron chi connectivity index (χ2n) is 3.38. The molecule has 17 heavy (non-hydrogen) atoms. The average Bonchev–Trinajstić information content (AvgIpc) is 2.29. The van der Waals surface area contributed by atoms with Gasteiger partial charge in [0.25, 0.3) is 5.91 Å². The quantitative estimate of drug-likeness (QED) is 0.604. The molecule has 0 radical (unpaired) electrons. The SMILES string of the molecule is COc1ccc(C)cc1NC=C(C#N)C(N)=O. The third-order valence-electron chi connectivity index (χ3n) is 2.11. The van der Waals surface area contributed by atoms with Gasteiger partial charge in [-0.15, -0.1) is 0 Å². The molecule has 0 atom stereocenters. The number of nitriles is 1. The molecule has 0 aliphatic carbocycles. The Balaban J connectivity index is 2.99. The summed E-state index contributed by atoms with van der Waals surface area (Å²) in [5.41, 5.74) is 6.56. The number of methoxy groups -OCH3 is 1. The fourth-order valence-corrected chi connectivity index (χ4v) is 1.24. The third kappa shape index (κ3) is 3.24. The molecule has 0 aliphatic rings. The lowest BCUT2D eigenvalue weighted by Crippen LogP contribution is -2.13. The van der Waals surface area contributed by atoms with E-state index in [1.807, 2.05) is 19.1 Å². The van der Waals surface area contributed by atoms with E-state index in [1.54, 1.807) is 19.2 Å². The van der Waals surface area contributed by atoms with Crippen LogP contribution in [0.15, 0.2) is 30.0 Å². The number of nitrogens with zero attached hydrogens (tertiary/aromatic N) is 1. The normalized spacial score (nSPS) is 10.5. The number of rotatable bonds is 4. The molecule has 0 spiro atoms. The molecule has 1 rings (SSSR count). The zero-order valence-corrected chi connectivity index (χ0v) is 9.65. The van der Waals surface area contributed by atoms with Gasteiger partial charge in [0.05, 0.1) is 12.8 Å². The molecule has 0 saturated heterocycles. The zero-order valence-electron chi connectivity index (χ0n) is 9.65. The number of carbonyl (C=O) groups excluding carboxylic acids is 1. The first-order chi connectivity index (χ1) is 8.08. The molecule has 0 aliphatic heterocycles. The first-order valence-corrected chi connectivity index (χ1v) is 4.89. The van der Waals surface area contributed by atoms with Gasteiger partial charge in [-0.1, -0.05) is 6.07 Å². The molecule has 0 saturated carbocycles. The van der Waals surface area contributed by atoms with Crippen LogP contribution in [0, 0.1) is 18.3 Å². The summed E-state index contributed by atoms with van der Waals surface area (Å²) in [6.45, 7) is 1.92. The van der Waals surface area contributed by atoms with Crippen LogP contribution in [-0.2, 0) is 4.79 Å². The van der Waals surface area contributed by atoms with Gasteiger partial charge in [0.1, 0.15) is 17.4 Å². The summed E-state index contributed by atoms with van der Waals surface area (Å²) in [7, 11) is 1.54. The fourth-order valence-electron chi connectivity index (χ4n) is 1.24. The predicted molar refractivity (Wildman–Crippen MR) is 64.2 cm³/mol. The van der Waals surface area contributed by atoms with Crippen molar-refractivity contribution in [1.29, 1.82) is 5.26 Å². The van der Waals surface area contributed by atoms with E-state index in [2.05, 4.69) is 5.32 Å². The monoisotopic (exact) mass is 231 g/mol. The van der Waals surface area contributed by atoms with E-state index in [1.165, 1.54) is 6.20 Å². The lowest BCUT2D eigenvalue weighted by atomic mass is 10.2. The van der Waals surface area contributed by atoms with Crippen LogP contribution in [0.1, 0.15) is 5.56 Å². The summed E-state index contributed by atoms with van der Waals surface area (Å²) in [5, 5.41) is 11.5. The van der Waals surface area contributed by atoms with Crippen molar-refractivity contribution in [3.63, 3.8) is 0 Å². The average molecular weight is 231 g/mol. The lowest BCUT2D eigenvalue weighted by molar-refractivity contribution is -0.114. The second-order valence-corrected chi connectivity index (χ2v) is 3.38. The summed E-state index contributed by atoms with van der Waals surface area (Å²) >= 11 is 0. The molecule has 3 N–H and O–H groups in total. The van der Waals surface area contributed by atoms with Crippen molar-refractivity contribution in [2.45, 2.75) is 6.92 Å². The maximum absolute atomic E-state index is 10.8. The summed E-state index contributed by atoms with van der Waals surface area (Å²) in [4.78, 5) is 10.8. The number of primary amides is 1. The first-order valence-electron chi connectivity index (χ1n) is 4.89. The Morgan fingerprint density at radius 2 is 2.29 bits per heavy atom. The van der Waals surface area contributed by atoms with Gasteiger partial charge in [0.15, 0.2) is 0 Å². The van der Waals surface area contributed by atoms with Gasteiger partial charge >= 0.3 is 0 Å². The Bertz CT molecular complexity index is 501.